The minimum absolute atomic E-state index is 0.348. The second-order valence-corrected chi connectivity index (χ2v) is 5.91. The topological polar surface area (TPSA) is 81.6 Å². The number of nitrogens with two attached hydrogens (primary N) is 1. The van der Waals surface area contributed by atoms with Gasteiger partial charge < -0.3 is 11.1 Å². The van der Waals surface area contributed by atoms with Crippen LogP contribution < -0.4 is 11.1 Å². The van der Waals surface area contributed by atoms with Crippen LogP contribution in [0.2, 0.25) is 0 Å². The molecule has 1 aliphatic rings. The van der Waals surface area contributed by atoms with E-state index in [4.69, 9.17) is 5.73 Å². The van der Waals surface area contributed by atoms with Gasteiger partial charge in [-0.25, -0.2) is 14.6 Å². The number of aryl methyl sites for hydroxylation is 1. The molecule has 6 nitrogen and oxygen atoms in total. The van der Waals surface area contributed by atoms with Crippen molar-refractivity contribution in [2.75, 3.05) is 11.1 Å². The molecule has 116 valence electrons. The molecule has 0 atom stereocenters. The molecule has 2 aromatic heterocycles. The van der Waals surface area contributed by atoms with Crippen LogP contribution in [-0.4, -0.2) is 25.8 Å². The summed E-state index contributed by atoms with van der Waals surface area (Å²) in [4.78, 5) is 8.82. The van der Waals surface area contributed by atoms with Crippen molar-refractivity contribution in [3.8, 4) is 5.69 Å². The highest BCUT2D eigenvalue weighted by Gasteiger charge is 2.21. The van der Waals surface area contributed by atoms with E-state index in [0.717, 1.165) is 24.2 Å². The number of rotatable bonds is 3. The van der Waals surface area contributed by atoms with E-state index in [-0.39, 0.29) is 0 Å². The first kappa shape index (κ1) is 13.8. The summed E-state index contributed by atoms with van der Waals surface area (Å²) in [6.45, 7) is 1.95. The molecule has 6 heteroatoms. The fourth-order valence-corrected chi connectivity index (χ4v) is 3.11. The number of nitrogens with one attached hydrogen (secondary N) is 1. The summed E-state index contributed by atoms with van der Waals surface area (Å²) in [5.41, 5.74) is 10.3. The Morgan fingerprint density at radius 2 is 1.78 bits per heavy atom. The van der Waals surface area contributed by atoms with E-state index < -0.39 is 0 Å². The molecule has 0 radical (unpaired) electrons. The Hall–Kier alpha value is -2.89. The average Bonchev–Trinajstić information content (AvgIpc) is 3.10. The number of benzene rings is 1. The Balaban J connectivity index is 1.48. The molecular weight excluding hydrogens is 288 g/mol. The van der Waals surface area contributed by atoms with E-state index >= 15 is 0 Å². The number of anilines is 2. The minimum atomic E-state index is 0.348. The first-order valence-corrected chi connectivity index (χ1v) is 7.67. The zero-order valence-electron chi connectivity index (χ0n) is 12.9. The molecule has 3 aromatic rings. The highest BCUT2D eigenvalue weighted by molar-refractivity contribution is 5.40. The summed E-state index contributed by atoms with van der Waals surface area (Å²) < 4.78 is 1.74. The van der Waals surface area contributed by atoms with Crippen molar-refractivity contribution in [2.45, 2.75) is 25.8 Å². The maximum atomic E-state index is 5.71. The van der Waals surface area contributed by atoms with Gasteiger partial charge in [0.15, 0.2) is 0 Å². The largest absolute Gasteiger partial charge is 0.382 e. The Morgan fingerprint density at radius 3 is 2.35 bits per heavy atom. The van der Waals surface area contributed by atoms with Gasteiger partial charge in [-0.2, -0.15) is 5.10 Å². The first-order chi connectivity index (χ1) is 11.2. The van der Waals surface area contributed by atoms with Gasteiger partial charge in [0.05, 0.1) is 12.4 Å². The molecule has 0 aliphatic heterocycles. The zero-order valence-corrected chi connectivity index (χ0v) is 12.9. The summed E-state index contributed by atoms with van der Waals surface area (Å²) in [6, 6.07) is 10.7. The number of aromatic nitrogens is 4. The van der Waals surface area contributed by atoms with Crippen LogP contribution >= 0.6 is 0 Å². The van der Waals surface area contributed by atoms with Crippen LogP contribution in [0.4, 0.5) is 11.8 Å². The van der Waals surface area contributed by atoms with Crippen LogP contribution in [-0.2, 0) is 12.8 Å². The van der Waals surface area contributed by atoms with Crippen LogP contribution in [0.1, 0.15) is 16.8 Å². The van der Waals surface area contributed by atoms with Crippen LogP contribution in [0.15, 0.2) is 42.7 Å². The number of nitrogens with zero attached hydrogens (tertiary/aromatic N) is 4. The molecule has 23 heavy (non-hydrogen) atoms. The van der Waals surface area contributed by atoms with E-state index in [2.05, 4.69) is 44.6 Å². The van der Waals surface area contributed by atoms with Gasteiger partial charge in [-0.15, -0.1) is 0 Å². The molecule has 0 amide bonds. The van der Waals surface area contributed by atoms with Gasteiger partial charge >= 0.3 is 0 Å². The van der Waals surface area contributed by atoms with E-state index in [1.807, 2.05) is 13.0 Å². The summed E-state index contributed by atoms with van der Waals surface area (Å²) in [5, 5.41) is 7.64. The fourth-order valence-electron chi connectivity index (χ4n) is 3.11. The van der Waals surface area contributed by atoms with Gasteiger partial charge in [-0.05, 0) is 30.9 Å². The average molecular weight is 306 g/mol. The van der Waals surface area contributed by atoms with E-state index in [1.165, 1.54) is 11.1 Å². The maximum absolute atomic E-state index is 5.71. The lowest BCUT2D eigenvalue weighted by Gasteiger charge is -2.12. The van der Waals surface area contributed by atoms with E-state index in [1.54, 1.807) is 17.1 Å². The smallest absolute Gasteiger partial charge is 0.222 e. The maximum Gasteiger partial charge on any atom is 0.222 e. The zero-order chi connectivity index (χ0) is 15.8. The molecule has 1 aromatic carbocycles. The van der Waals surface area contributed by atoms with Crippen molar-refractivity contribution < 1.29 is 0 Å². The summed E-state index contributed by atoms with van der Waals surface area (Å²) >= 11 is 0. The second-order valence-electron chi connectivity index (χ2n) is 5.91. The van der Waals surface area contributed by atoms with Gasteiger partial charge in [0, 0.05) is 17.8 Å². The normalized spacial score (nSPS) is 14.0. The van der Waals surface area contributed by atoms with E-state index in [9.17, 15) is 0 Å². The molecule has 2 heterocycles. The quantitative estimate of drug-likeness (QED) is 0.774. The van der Waals surface area contributed by atoms with Crippen molar-refractivity contribution in [1.82, 2.24) is 19.7 Å². The predicted molar refractivity (Wildman–Crippen MR) is 89.6 cm³/mol. The Morgan fingerprint density at radius 1 is 1.13 bits per heavy atom. The Bertz CT molecular complexity index is 812. The number of hydrogen-bond donors (Lipinski definition) is 2. The van der Waals surface area contributed by atoms with Gasteiger partial charge in [0.2, 0.25) is 5.95 Å². The van der Waals surface area contributed by atoms with Gasteiger partial charge in [0.25, 0.3) is 0 Å². The fraction of sp³-hybridized carbons (Fsp3) is 0.235. The van der Waals surface area contributed by atoms with Gasteiger partial charge in [-0.1, -0.05) is 24.3 Å². The molecule has 0 fully saturated rings. The molecule has 4 rings (SSSR count). The second kappa shape index (κ2) is 5.39. The molecule has 3 N–H and O–H groups in total. The standard InChI is InChI=1S/C17H18N6/c1-11-6-16(18)22-23(11)15-9-19-17(20-10-15)21-14-7-12-4-2-3-5-13(12)8-14/h2-6,9-10,14H,7-8H2,1H3,(H2,18,22)(H,19,20,21). The third-order valence-electron chi connectivity index (χ3n) is 4.17. The molecule has 0 saturated heterocycles. The molecule has 0 bridgehead atoms. The van der Waals surface area contributed by atoms with Crippen molar-refractivity contribution in [1.29, 1.82) is 0 Å². The van der Waals surface area contributed by atoms with Crippen molar-refractivity contribution in [3.05, 3.63) is 59.5 Å². The van der Waals surface area contributed by atoms with Crippen LogP contribution in [0.3, 0.4) is 0 Å². The number of hydrogen-bond acceptors (Lipinski definition) is 5. The molecule has 0 spiro atoms. The van der Waals surface area contributed by atoms with Crippen LogP contribution in [0, 0.1) is 6.92 Å². The van der Waals surface area contributed by atoms with Gasteiger partial charge in [0.1, 0.15) is 11.5 Å². The lowest BCUT2D eigenvalue weighted by Crippen LogP contribution is -2.21. The van der Waals surface area contributed by atoms with E-state index in [0.29, 0.717) is 17.8 Å². The third-order valence-corrected chi connectivity index (χ3v) is 4.17. The first-order valence-electron chi connectivity index (χ1n) is 7.67. The Kier molecular flexibility index (Phi) is 3.22. The van der Waals surface area contributed by atoms with Gasteiger partial charge in [-0.3, -0.25) is 0 Å². The summed E-state index contributed by atoms with van der Waals surface area (Å²) in [6.07, 6.45) is 5.54. The lowest BCUT2D eigenvalue weighted by atomic mass is 10.1. The Labute approximate surface area is 134 Å². The summed E-state index contributed by atoms with van der Waals surface area (Å²) in [5.74, 6) is 1.14. The van der Waals surface area contributed by atoms with Crippen molar-refractivity contribution in [3.63, 3.8) is 0 Å². The molecule has 0 saturated carbocycles. The highest BCUT2D eigenvalue weighted by Crippen LogP contribution is 2.23. The predicted octanol–water partition coefficient (Wildman–Crippen LogP) is 2.13. The van der Waals surface area contributed by atoms with Crippen LogP contribution in [0.5, 0.6) is 0 Å². The lowest BCUT2D eigenvalue weighted by molar-refractivity contribution is 0.759. The molecule has 1 aliphatic carbocycles. The monoisotopic (exact) mass is 306 g/mol. The van der Waals surface area contributed by atoms with Crippen molar-refractivity contribution >= 4 is 11.8 Å². The summed E-state index contributed by atoms with van der Waals surface area (Å²) in [7, 11) is 0. The minimum Gasteiger partial charge on any atom is -0.382 e. The number of nitrogen functional groups attached to an aromatic ring is 1. The molecule has 0 unspecified atom stereocenters. The number of fused-ring (bicyclic) bond motifs is 1. The van der Waals surface area contributed by atoms with Crippen LogP contribution in [0.25, 0.3) is 5.69 Å². The van der Waals surface area contributed by atoms with Crippen molar-refractivity contribution in [2.24, 2.45) is 0 Å². The SMILES string of the molecule is Cc1cc(N)nn1-c1cnc(NC2Cc3ccccc3C2)nc1. The molecular formula is C17H18N6. The third kappa shape index (κ3) is 2.63. The highest BCUT2D eigenvalue weighted by atomic mass is 15.3.